The van der Waals surface area contributed by atoms with Gasteiger partial charge in [0.25, 0.3) is 8.53 Å². The van der Waals surface area contributed by atoms with Crippen LogP contribution in [0.15, 0.2) is 0 Å². The van der Waals surface area contributed by atoms with Crippen molar-refractivity contribution in [2.24, 2.45) is 5.92 Å². The third-order valence-corrected chi connectivity index (χ3v) is 7.93. The average Bonchev–Trinajstić information content (AvgIpc) is 2.40. The van der Waals surface area contributed by atoms with Crippen molar-refractivity contribution < 1.29 is 9.05 Å². The minimum atomic E-state index is -1.10. The van der Waals surface area contributed by atoms with Crippen molar-refractivity contribution >= 4 is 30.1 Å². The molecule has 122 valence electrons. The summed E-state index contributed by atoms with van der Waals surface area (Å²) in [5.41, 5.74) is 0. The van der Waals surface area contributed by atoms with Crippen molar-refractivity contribution in [3.63, 3.8) is 0 Å². The van der Waals surface area contributed by atoms with E-state index in [0.29, 0.717) is 31.0 Å². The third-order valence-electron chi connectivity index (χ3n) is 3.17. The molecule has 21 heavy (non-hydrogen) atoms. The van der Waals surface area contributed by atoms with Crippen LogP contribution in [0, 0.1) is 17.2 Å². The van der Waals surface area contributed by atoms with Crippen LogP contribution in [0.1, 0.15) is 41.0 Å². The van der Waals surface area contributed by atoms with Crippen LogP contribution < -0.4 is 0 Å². The van der Waals surface area contributed by atoms with Crippen molar-refractivity contribution in [1.29, 1.82) is 5.26 Å². The van der Waals surface area contributed by atoms with Gasteiger partial charge >= 0.3 is 0 Å². The molecule has 0 radical (unpaired) electrons. The van der Waals surface area contributed by atoms with Crippen LogP contribution in [-0.4, -0.2) is 41.0 Å². The first kappa shape index (κ1) is 19.5. The molecule has 3 atom stereocenters. The third kappa shape index (κ3) is 6.64. The van der Waals surface area contributed by atoms with Crippen molar-refractivity contribution in [2.45, 2.75) is 59.2 Å². The van der Waals surface area contributed by atoms with Crippen LogP contribution in [0.4, 0.5) is 0 Å². The fourth-order valence-electron chi connectivity index (χ4n) is 2.09. The van der Waals surface area contributed by atoms with Gasteiger partial charge in [-0.25, -0.2) is 4.67 Å². The lowest BCUT2D eigenvalue weighted by Gasteiger charge is -2.39. The van der Waals surface area contributed by atoms with Gasteiger partial charge in [-0.05, 0) is 33.6 Å². The molecule has 1 fully saturated rings. The normalized spacial score (nSPS) is 24.5. The lowest BCUT2D eigenvalue weighted by atomic mass is 10.1. The van der Waals surface area contributed by atoms with Gasteiger partial charge in [-0.1, -0.05) is 28.5 Å². The van der Waals surface area contributed by atoms with E-state index in [1.807, 2.05) is 21.6 Å². The summed E-state index contributed by atoms with van der Waals surface area (Å²) in [7, 11) is 2.70. The molecule has 1 unspecified atom stereocenters. The lowest BCUT2D eigenvalue weighted by molar-refractivity contribution is 0.119. The van der Waals surface area contributed by atoms with E-state index in [0.717, 1.165) is 11.5 Å². The summed E-state index contributed by atoms with van der Waals surface area (Å²) in [6.07, 6.45) is 0.654. The second-order valence-corrected chi connectivity index (χ2v) is 9.70. The van der Waals surface area contributed by atoms with E-state index < -0.39 is 8.53 Å². The van der Waals surface area contributed by atoms with Crippen LogP contribution in [0.3, 0.4) is 0 Å². The molecule has 0 amide bonds. The topological polar surface area (TPSA) is 45.5 Å². The number of rotatable bonds is 8. The molecule has 1 saturated heterocycles. The fraction of sp³-hybridized carbons (Fsp3) is 0.929. The van der Waals surface area contributed by atoms with Crippen molar-refractivity contribution in [1.82, 2.24) is 4.67 Å². The zero-order valence-corrected chi connectivity index (χ0v) is 16.1. The molecule has 4 nitrogen and oxygen atoms in total. The van der Waals surface area contributed by atoms with E-state index in [1.54, 1.807) is 0 Å². The molecule has 0 aromatic carbocycles. The summed E-state index contributed by atoms with van der Waals surface area (Å²) >= 11 is 0. The van der Waals surface area contributed by atoms with Crippen LogP contribution in [0.25, 0.3) is 0 Å². The molecule has 0 N–H and O–H groups in total. The van der Waals surface area contributed by atoms with Crippen LogP contribution >= 0.6 is 30.1 Å². The largest absolute Gasteiger partial charge is 0.321 e. The summed E-state index contributed by atoms with van der Waals surface area (Å²) in [6.45, 7) is 11.4. The summed E-state index contributed by atoms with van der Waals surface area (Å²) < 4.78 is 14.6. The molecule has 0 aromatic rings. The van der Waals surface area contributed by atoms with Crippen LogP contribution in [0.2, 0.25) is 0 Å². The molecule has 7 heteroatoms. The molecule has 0 aromatic heterocycles. The highest BCUT2D eigenvalue weighted by molar-refractivity contribution is 8.76. The highest BCUT2D eigenvalue weighted by Crippen LogP contribution is 2.49. The van der Waals surface area contributed by atoms with Gasteiger partial charge in [0.1, 0.15) is 0 Å². The van der Waals surface area contributed by atoms with Gasteiger partial charge in [-0.15, -0.1) is 0 Å². The van der Waals surface area contributed by atoms with Gasteiger partial charge in [0.2, 0.25) is 0 Å². The van der Waals surface area contributed by atoms with E-state index in [2.05, 4.69) is 45.4 Å². The second kappa shape index (κ2) is 10.3. The average molecular weight is 350 g/mol. The maximum atomic E-state index is 8.72. The SMILES string of the molecule is CC(C)N(C(C)C)P(OCCC#N)O[C@H]1CSSC[C@@H]1C. The van der Waals surface area contributed by atoms with Gasteiger partial charge in [0, 0.05) is 23.6 Å². The monoisotopic (exact) mass is 350 g/mol. The predicted molar refractivity (Wildman–Crippen MR) is 94.2 cm³/mol. The number of nitrogens with zero attached hydrogens (tertiary/aromatic N) is 2. The maximum absolute atomic E-state index is 8.72. The van der Waals surface area contributed by atoms with Gasteiger partial charge in [-0.2, -0.15) is 5.26 Å². The molecule has 1 aliphatic heterocycles. The van der Waals surface area contributed by atoms with Crippen molar-refractivity contribution in [2.75, 3.05) is 18.1 Å². The Kier molecular flexibility index (Phi) is 9.59. The van der Waals surface area contributed by atoms with E-state index in [4.69, 9.17) is 14.3 Å². The van der Waals surface area contributed by atoms with Gasteiger partial charge in [-0.3, -0.25) is 0 Å². The van der Waals surface area contributed by atoms with Crippen LogP contribution in [-0.2, 0) is 9.05 Å². The van der Waals surface area contributed by atoms with Gasteiger partial charge in [0.05, 0.1) is 25.2 Å². The summed E-state index contributed by atoms with van der Waals surface area (Å²) in [6, 6.07) is 2.86. The Bertz CT molecular complexity index is 331. The minimum absolute atomic E-state index is 0.240. The fourth-order valence-corrected chi connectivity index (χ4v) is 6.78. The van der Waals surface area contributed by atoms with Crippen molar-refractivity contribution in [3.8, 4) is 6.07 Å². The van der Waals surface area contributed by atoms with Gasteiger partial charge in [0.15, 0.2) is 0 Å². The predicted octanol–water partition coefficient (Wildman–Crippen LogP) is 4.68. The Balaban J connectivity index is 2.72. The number of hydrogen-bond acceptors (Lipinski definition) is 6. The lowest BCUT2D eigenvalue weighted by Crippen LogP contribution is -2.36. The standard InChI is InChI=1S/C14H27N2O2PS2/c1-11(2)16(12(3)4)19(17-8-6-7-15)18-14-10-21-20-9-13(14)5/h11-14H,6,8-10H2,1-5H3/t13-,14-,19?/m0/s1. The molecule has 1 aliphatic rings. The summed E-state index contributed by atoms with van der Waals surface area (Å²) in [5, 5.41) is 8.72. The van der Waals surface area contributed by atoms with Crippen LogP contribution in [0.5, 0.6) is 0 Å². The Morgan fingerprint density at radius 1 is 1.24 bits per heavy atom. The van der Waals surface area contributed by atoms with E-state index >= 15 is 0 Å². The second-order valence-electron chi connectivity index (χ2n) is 5.74. The summed E-state index contributed by atoms with van der Waals surface area (Å²) in [4.78, 5) is 0. The number of hydrogen-bond donors (Lipinski definition) is 0. The molecule has 0 bridgehead atoms. The molecule has 1 heterocycles. The van der Waals surface area contributed by atoms with E-state index in [-0.39, 0.29) is 6.10 Å². The van der Waals surface area contributed by atoms with E-state index in [9.17, 15) is 0 Å². The Hall–Kier alpha value is 0.500. The molecular formula is C14H27N2O2PS2. The number of nitriles is 1. The first-order valence-corrected chi connectivity index (χ1v) is 11.1. The maximum Gasteiger partial charge on any atom is 0.259 e. The van der Waals surface area contributed by atoms with E-state index in [1.165, 1.54) is 0 Å². The zero-order valence-electron chi connectivity index (χ0n) is 13.6. The molecule has 0 saturated carbocycles. The smallest absolute Gasteiger partial charge is 0.259 e. The Labute approximate surface area is 138 Å². The van der Waals surface area contributed by atoms with Crippen molar-refractivity contribution in [3.05, 3.63) is 0 Å². The zero-order chi connectivity index (χ0) is 15.8. The minimum Gasteiger partial charge on any atom is -0.321 e. The molecule has 0 aliphatic carbocycles. The molecular weight excluding hydrogens is 323 g/mol. The quantitative estimate of drug-likeness (QED) is 0.360. The first-order valence-electron chi connectivity index (χ1n) is 7.46. The Morgan fingerprint density at radius 2 is 1.86 bits per heavy atom. The molecule has 1 rings (SSSR count). The highest BCUT2D eigenvalue weighted by Gasteiger charge is 2.33. The first-order chi connectivity index (χ1) is 9.97. The van der Waals surface area contributed by atoms with Gasteiger partial charge < -0.3 is 9.05 Å². The highest BCUT2D eigenvalue weighted by atomic mass is 33.1. The Morgan fingerprint density at radius 3 is 2.38 bits per heavy atom. The molecule has 0 spiro atoms. The summed E-state index contributed by atoms with van der Waals surface area (Å²) in [5.74, 6) is 2.68.